The molecule has 0 atom stereocenters. The van der Waals surface area contributed by atoms with Crippen molar-refractivity contribution in [1.29, 1.82) is 0 Å². The van der Waals surface area contributed by atoms with E-state index in [9.17, 15) is 0 Å². The van der Waals surface area contributed by atoms with E-state index in [1.54, 1.807) is 0 Å². The lowest BCUT2D eigenvalue weighted by molar-refractivity contribution is 0.840. The molecule has 0 aliphatic heterocycles. The Balaban J connectivity index is 2.18. The molecule has 0 saturated carbocycles. The monoisotopic (exact) mass is 327 g/mol. The van der Waals surface area contributed by atoms with E-state index in [1.165, 1.54) is 5.69 Å². The highest BCUT2D eigenvalue weighted by molar-refractivity contribution is 5.60. The molecular weight excluding hydrogens is 298 g/mol. The third kappa shape index (κ3) is 4.37. The first-order chi connectivity index (χ1) is 11.6. The van der Waals surface area contributed by atoms with Crippen LogP contribution in [0.15, 0.2) is 30.3 Å². The van der Waals surface area contributed by atoms with Gasteiger partial charge in [0.15, 0.2) is 0 Å². The van der Waals surface area contributed by atoms with Gasteiger partial charge in [-0.3, -0.25) is 0 Å². The molecule has 0 bridgehead atoms. The molecule has 0 aliphatic rings. The lowest BCUT2D eigenvalue weighted by Gasteiger charge is -2.22. The first kappa shape index (κ1) is 18.0. The van der Waals surface area contributed by atoms with E-state index in [4.69, 9.17) is 0 Å². The Labute approximate surface area is 145 Å². The van der Waals surface area contributed by atoms with Gasteiger partial charge in [0.05, 0.1) is 0 Å². The van der Waals surface area contributed by atoms with Crippen LogP contribution in [0.5, 0.6) is 0 Å². The van der Waals surface area contributed by atoms with E-state index in [0.717, 1.165) is 43.4 Å². The highest BCUT2D eigenvalue weighted by atomic mass is 15.2. The molecule has 1 aromatic carbocycles. The van der Waals surface area contributed by atoms with Crippen LogP contribution in [0.2, 0.25) is 0 Å². The summed E-state index contributed by atoms with van der Waals surface area (Å²) in [6.45, 7) is 14.5. The number of hydrogen-bond donors (Lipinski definition) is 1. The fourth-order valence-corrected chi connectivity index (χ4v) is 2.79. The van der Waals surface area contributed by atoms with Crippen LogP contribution in [0, 0.1) is 6.92 Å². The van der Waals surface area contributed by atoms with E-state index in [0.29, 0.717) is 5.95 Å². The van der Waals surface area contributed by atoms with Gasteiger partial charge in [0.1, 0.15) is 5.82 Å². The van der Waals surface area contributed by atoms with Crippen molar-refractivity contribution in [2.24, 2.45) is 0 Å². The predicted octanol–water partition coefficient (Wildman–Crippen LogP) is 4.22. The molecule has 0 spiro atoms. The van der Waals surface area contributed by atoms with Gasteiger partial charge in [0.25, 0.3) is 0 Å². The molecule has 1 aromatic heterocycles. The quantitative estimate of drug-likeness (QED) is 0.786. The summed E-state index contributed by atoms with van der Waals surface area (Å²) in [4.78, 5) is 13.7. The molecule has 0 amide bonds. The Bertz CT molecular complexity index is 631. The smallest absolute Gasteiger partial charge is 0.229 e. The van der Waals surface area contributed by atoms with Gasteiger partial charge in [-0.2, -0.15) is 4.98 Å². The van der Waals surface area contributed by atoms with Gasteiger partial charge in [-0.15, -0.1) is 0 Å². The molecule has 1 heterocycles. The molecule has 0 radical (unpaired) electrons. The maximum atomic E-state index is 4.65. The zero-order valence-electron chi connectivity index (χ0n) is 15.5. The summed E-state index contributed by atoms with van der Waals surface area (Å²) in [5, 5.41) is 3.32. The molecule has 5 nitrogen and oxygen atoms in total. The van der Waals surface area contributed by atoms with Crippen molar-refractivity contribution in [3.63, 3.8) is 0 Å². The Morgan fingerprint density at radius 2 is 1.42 bits per heavy atom. The van der Waals surface area contributed by atoms with Crippen molar-refractivity contribution in [2.75, 3.05) is 41.3 Å². The van der Waals surface area contributed by atoms with Crippen LogP contribution in [0.1, 0.15) is 33.4 Å². The number of benzene rings is 1. The average Bonchev–Trinajstić information content (AvgIpc) is 2.58. The highest BCUT2D eigenvalue weighted by Crippen LogP contribution is 2.21. The molecule has 0 unspecified atom stereocenters. The lowest BCUT2D eigenvalue weighted by atomic mass is 10.2. The minimum atomic E-state index is 0.646. The van der Waals surface area contributed by atoms with Crippen molar-refractivity contribution >= 4 is 23.1 Å². The fourth-order valence-electron chi connectivity index (χ4n) is 2.79. The number of nitrogens with one attached hydrogen (secondary N) is 1. The zero-order valence-corrected chi connectivity index (χ0v) is 15.5. The fraction of sp³-hybridized carbons (Fsp3) is 0.474. The van der Waals surface area contributed by atoms with Gasteiger partial charge in [-0.05, 0) is 58.9 Å². The Morgan fingerprint density at radius 1 is 0.833 bits per heavy atom. The van der Waals surface area contributed by atoms with Crippen molar-refractivity contribution in [3.05, 3.63) is 36.0 Å². The van der Waals surface area contributed by atoms with Crippen molar-refractivity contribution in [3.8, 4) is 0 Å². The average molecular weight is 327 g/mol. The molecule has 1 N–H and O–H groups in total. The topological polar surface area (TPSA) is 44.3 Å². The molecule has 0 saturated heterocycles. The highest BCUT2D eigenvalue weighted by Gasteiger charge is 2.08. The summed E-state index contributed by atoms with van der Waals surface area (Å²) in [6.07, 6.45) is 0. The van der Waals surface area contributed by atoms with E-state index in [2.05, 4.69) is 77.0 Å². The summed E-state index contributed by atoms with van der Waals surface area (Å²) >= 11 is 0. The summed E-state index contributed by atoms with van der Waals surface area (Å²) in [5.74, 6) is 1.61. The van der Waals surface area contributed by atoms with E-state index >= 15 is 0 Å². The molecule has 130 valence electrons. The number of hydrogen-bond acceptors (Lipinski definition) is 5. The second-order valence-electron chi connectivity index (χ2n) is 5.71. The maximum absolute atomic E-state index is 4.65. The summed E-state index contributed by atoms with van der Waals surface area (Å²) in [6, 6.07) is 10.5. The SMILES string of the molecule is CCN(CC)c1ccc(Nc2nc(C)cc(N(CC)CC)n2)cc1. The summed E-state index contributed by atoms with van der Waals surface area (Å²) in [5.41, 5.74) is 3.20. The molecule has 5 heteroatoms. The van der Waals surface area contributed by atoms with Crippen LogP contribution < -0.4 is 15.1 Å². The second kappa shape index (κ2) is 8.52. The van der Waals surface area contributed by atoms with Gasteiger partial charge < -0.3 is 15.1 Å². The van der Waals surface area contributed by atoms with Crippen molar-refractivity contribution < 1.29 is 0 Å². The van der Waals surface area contributed by atoms with Crippen molar-refractivity contribution in [2.45, 2.75) is 34.6 Å². The first-order valence-electron chi connectivity index (χ1n) is 8.83. The largest absolute Gasteiger partial charge is 0.372 e. The molecule has 24 heavy (non-hydrogen) atoms. The van der Waals surface area contributed by atoms with Crippen LogP contribution in [0.3, 0.4) is 0 Å². The number of anilines is 4. The van der Waals surface area contributed by atoms with E-state index < -0.39 is 0 Å². The standard InChI is InChI=1S/C19H29N5/c1-6-23(7-2)17-12-10-16(11-13-17)21-19-20-15(5)14-18(22-19)24(8-3)9-4/h10-14H,6-9H2,1-5H3,(H,20,21,22). The third-order valence-electron chi connectivity index (χ3n) is 4.18. The predicted molar refractivity (Wildman–Crippen MR) is 104 cm³/mol. The molecule has 0 aliphatic carbocycles. The summed E-state index contributed by atoms with van der Waals surface area (Å²) in [7, 11) is 0. The zero-order chi connectivity index (χ0) is 17.5. The minimum Gasteiger partial charge on any atom is -0.372 e. The van der Waals surface area contributed by atoms with Crippen LogP contribution in [0.4, 0.5) is 23.1 Å². The number of rotatable bonds is 8. The van der Waals surface area contributed by atoms with Gasteiger partial charge >= 0.3 is 0 Å². The third-order valence-corrected chi connectivity index (χ3v) is 4.18. The summed E-state index contributed by atoms with van der Waals surface area (Å²) < 4.78 is 0. The molecule has 2 rings (SSSR count). The van der Waals surface area contributed by atoms with Gasteiger partial charge in [0.2, 0.25) is 5.95 Å². The van der Waals surface area contributed by atoms with Crippen molar-refractivity contribution in [1.82, 2.24) is 9.97 Å². The molecule has 2 aromatic rings. The molecule has 0 fully saturated rings. The van der Waals surface area contributed by atoms with E-state index in [1.807, 2.05) is 13.0 Å². The minimum absolute atomic E-state index is 0.646. The molecular formula is C19H29N5. The Morgan fingerprint density at radius 3 is 1.96 bits per heavy atom. The van der Waals surface area contributed by atoms with Gasteiger partial charge in [0, 0.05) is 49.3 Å². The van der Waals surface area contributed by atoms with Gasteiger partial charge in [-0.1, -0.05) is 0 Å². The Hall–Kier alpha value is -2.30. The van der Waals surface area contributed by atoms with Crippen LogP contribution in [0.25, 0.3) is 0 Å². The number of aryl methyl sites for hydroxylation is 1. The van der Waals surface area contributed by atoms with Crippen LogP contribution in [-0.2, 0) is 0 Å². The maximum Gasteiger partial charge on any atom is 0.229 e. The van der Waals surface area contributed by atoms with Crippen LogP contribution >= 0.6 is 0 Å². The van der Waals surface area contributed by atoms with E-state index in [-0.39, 0.29) is 0 Å². The number of aromatic nitrogens is 2. The first-order valence-corrected chi connectivity index (χ1v) is 8.83. The second-order valence-corrected chi connectivity index (χ2v) is 5.71. The van der Waals surface area contributed by atoms with Gasteiger partial charge in [-0.25, -0.2) is 4.98 Å². The Kier molecular flexibility index (Phi) is 6.41. The lowest BCUT2D eigenvalue weighted by Crippen LogP contribution is -2.23. The number of nitrogens with zero attached hydrogens (tertiary/aromatic N) is 4. The normalized spacial score (nSPS) is 10.5. The van der Waals surface area contributed by atoms with Crippen LogP contribution in [-0.4, -0.2) is 36.1 Å².